The number of H-pyrrole nitrogens is 1. The molecule has 1 aromatic heterocycles. The van der Waals surface area contributed by atoms with Gasteiger partial charge in [0.25, 0.3) is 0 Å². The van der Waals surface area contributed by atoms with Gasteiger partial charge < -0.3 is 9.88 Å². The summed E-state index contributed by atoms with van der Waals surface area (Å²) < 4.78 is 0. The molecule has 6 heteroatoms. The van der Waals surface area contributed by atoms with Crippen LogP contribution in [-0.2, 0) is 11.2 Å². The minimum Gasteiger partial charge on any atom is -0.368 e. The van der Waals surface area contributed by atoms with E-state index in [0.717, 1.165) is 48.1 Å². The lowest BCUT2D eigenvalue weighted by molar-refractivity contribution is -0.134. The fourth-order valence-corrected chi connectivity index (χ4v) is 4.57. The first kappa shape index (κ1) is 17.5. The molecule has 2 unspecified atom stereocenters. The van der Waals surface area contributed by atoms with Gasteiger partial charge in [0.05, 0.1) is 5.92 Å². The molecule has 1 N–H and O–H groups in total. The highest BCUT2D eigenvalue weighted by Crippen LogP contribution is 2.39. The van der Waals surface area contributed by atoms with E-state index in [2.05, 4.69) is 29.1 Å². The molecule has 0 saturated carbocycles. The molecule has 2 heterocycles. The van der Waals surface area contributed by atoms with E-state index in [1.54, 1.807) is 0 Å². The molecule has 0 fully saturated rings. The van der Waals surface area contributed by atoms with Gasteiger partial charge in [0.2, 0.25) is 5.91 Å². The molecule has 0 spiro atoms. The van der Waals surface area contributed by atoms with Crippen LogP contribution in [-0.4, -0.2) is 69.1 Å². The van der Waals surface area contributed by atoms with Crippen molar-refractivity contribution < 1.29 is 4.79 Å². The van der Waals surface area contributed by atoms with Crippen LogP contribution in [0.1, 0.15) is 25.0 Å². The minimum absolute atomic E-state index is 0.114. The number of carbonyl (C=O) groups is 1. The molecule has 130 valence electrons. The monoisotopic (exact) mass is 343 g/mol. The predicted octanol–water partition coefficient (Wildman–Crippen LogP) is 0.494. The first-order chi connectivity index (χ1) is 12.5. The number of amides is 1. The summed E-state index contributed by atoms with van der Waals surface area (Å²) in [5.41, 5.74) is 5.84. The van der Waals surface area contributed by atoms with Gasteiger partial charge in [-0.15, -0.1) is 0 Å². The largest absolute Gasteiger partial charge is 0.368 e. The van der Waals surface area contributed by atoms with Crippen LogP contribution in [0.4, 0.5) is 0 Å². The first-order valence-corrected chi connectivity index (χ1v) is 9.35. The summed E-state index contributed by atoms with van der Waals surface area (Å²) in [6.07, 6.45) is 3.03. The standard InChI is InChI=1S/C20H23B2N3O/c1-4-25(5-2)20(26)11-8-13-12-6-7-15(21)18-17(12)14(19(22)23-18)9-16(13)24(3)10-11/h6-8,11,16,23H,4-5,9-10H2,1-3H3. The Morgan fingerprint density at radius 3 is 2.73 bits per heavy atom. The number of carbonyl (C=O) groups excluding carboxylic acids is 1. The number of hydrogen-bond acceptors (Lipinski definition) is 2. The molecule has 2 aliphatic rings. The maximum Gasteiger partial charge on any atom is 0.230 e. The molecule has 26 heavy (non-hydrogen) atoms. The lowest BCUT2D eigenvalue weighted by atomic mass is 9.76. The normalized spacial score (nSPS) is 22.2. The Bertz CT molecular complexity index is 913. The summed E-state index contributed by atoms with van der Waals surface area (Å²) in [4.78, 5) is 20.4. The van der Waals surface area contributed by atoms with E-state index in [-0.39, 0.29) is 17.9 Å². The first-order valence-electron chi connectivity index (χ1n) is 9.35. The van der Waals surface area contributed by atoms with Crippen LogP contribution in [0.2, 0.25) is 0 Å². The third kappa shape index (κ3) is 2.46. The van der Waals surface area contributed by atoms with Gasteiger partial charge in [0, 0.05) is 36.6 Å². The summed E-state index contributed by atoms with van der Waals surface area (Å²) in [6.45, 7) is 6.28. The van der Waals surface area contributed by atoms with Gasteiger partial charge in [-0.25, -0.2) is 0 Å². The Kier molecular flexibility index (Phi) is 4.26. The molecular formula is C20H23B2N3O. The SMILES string of the molecule is [B]c1[nH]c2c([B])ccc3c2c1CC1C3=CC(C(=O)N(CC)CC)CN1C. The van der Waals surface area contributed by atoms with Crippen LogP contribution >= 0.6 is 0 Å². The van der Waals surface area contributed by atoms with E-state index in [4.69, 9.17) is 15.7 Å². The highest BCUT2D eigenvalue weighted by molar-refractivity contribution is 6.41. The minimum atomic E-state index is -0.114. The summed E-state index contributed by atoms with van der Waals surface area (Å²) >= 11 is 0. The summed E-state index contributed by atoms with van der Waals surface area (Å²) in [6, 6.07) is 4.24. The maximum atomic E-state index is 12.9. The number of likely N-dealkylation sites (N-methyl/N-ethyl adjacent to an activating group) is 1. The summed E-state index contributed by atoms with van der Waals surface area (Å²) in [7, 11) is 14.5. The molecule has 1 aliphatic heterocycles. The molecule has 2 aromatic rings. The van der Waals surface area contributed by atoms with Crippen molar-refractivity contribution in [2.45, 2.75) is 26.3 Å². The van der Waals surface area contributed by atoms with Gasteiger partial charge in [0.15, 0.2) is 0 Å². The molecule has 4 radical (unpaired) electrons. The number of nitrogens with zero attached hydrogens (tertiary/aromatic N) is 2. The Balaban J connectivity index is 1.85. The zero-order chi connectivity index (χ0) is 18.6. The molecule has 0 saturated heterocycles. The number of aromatic nitrogens is 1. The Morgan fingerprint density at radius 2 is 2.04 bits per heavy atom. The van der Waals surface area contributed by atoms with Crippen LogP contribution in [0.5, 0.6) is 0 Å². The number of aromatic amines is 1. The van der Waals surface area contributed by atoms with Crippen LogP contribution in [0.25, 0.3) is 16.5 Å². The smallest absolute Gasteiger partial charge is 0.230 e. The summed E-state index contributed by atoms with van der Waals surface area (Å²) in [5, 5.41) is 1.12. The molecule has 1 aliphatic carbocycles. The van der Waals surface area contributed by atoms with Gasteiger partial charge in [0.1, 0.15) is 15.7 Å². The Hall–Kier alpha value is -1.94. The van der Waals surface area contributed by atoms with Crippen LogP contribution in [0, 0.1) is 5.92 Å². The van der Waals surface area contributed by atoms with Gasteiger partial charge in [-0.05, 0) is 49.6 Å². The third-order valence-electron chi connectivity index (χ3n) is 5.98. The van der Waals surface area contributed by atoms with Crippen LogP contribution < -0.4 is 11.1 Å². The predicted molar refractivity (Wildman–Crippen MR) is 109 cm³/mol. The molecule has 4 rings (SSSR count). The number of rotatable bonds is 3. The quantitative estimate of drug-likeness (QED) is 0.825. The molecule has 0 bridgehead atoms. The zero-order valence-electron chi connectivity index (χ0n) is 15.7. The fourth-order valence-electron chi connectivity index (χ4n) is 4.57. The molecule has 1 aromatic carbocycles. The maximum absolute atomic E-state index is 12.9. The van der Waals surface area contributed by atoms with E-state index in [0.29, 0.717) is 11.1 Å². The lowest BCUT2D eigenvalue weighted by Crippen LogP contribution is -2.48. The van der Waals surface area contributed by atoms with Gasteiger partial charge in [-0.3, -0.25) is 9.69 Å². The second-order valence-corrected chi connectivity index (χ2v) is 7.37. The highest BCUT2D eigenvalue weighted by Gasteiger charge is 2.37. The number of benzene rings is 1. The van der Waals surface area contributed by atoms with E-state index in [1.165, 1.54) is 5.57 Å². The average molecular weight is 343 g/mol. The van der Waals surface area contributed by atoms with Crippen molar-refractivity contribution in [3.8, 4) is 0 Å². The summed E-state index contributed by atoms with van der Waals surface area (Å²) in [5.74, 6) is 0.0930. The number of fused-ring (bicyclic) bond motifs is 2. The van der Waals surface area contributed by atoms with Crippen LogP contribution in [0.3, 0.4) is 0 Å². The van der Waals surface area contributed by atoms with E-state index in [9.17, 15) is 4.79 Å². The van der Waals surface area contributed by atoms with Crippen molar-refractivity contribution in [3.05, 3.63) is 29.3 Å². The topological polar surface area (TPSA) is 39.3 Å². The highest BCUT2D eigenvalue weighted by atomic mass is 16.2. The lowest BCUT2D eigenvalue weighted by Gasteiger charge is -2.40. The zero-order valence-corrected chi connectivity index (χ0v) is 15.7. The van der Waals surface area contributed by atoms with Gasteiger partial charge in [-0.1, -0.05) is 23.7 Å². The average Bonchev–Trinajstić information content (AvgIpc) is 2.97. The molecule has 2 atom stereocenters. The van der Waals surface area contributed by atoms with Crippen molar-refractivity contribution >= 4 is 49.1 Å². The fraction of sp³-hybridized carbons (Fsp3) is 0.450. The van der Waals surface area contributed by atoms with Crippen molar-refractivity contribution in [1.82, 2.24) is 14.8 Å². The van der Waals surface area contributed by atoms with Crippen LogP contribution in [0.15, 0.2) is 18.2 Å². The van der Waals surface area contributed by atoms with Crippen molar-refractivity contribution in [2.24, 2.45) is 5.92 Å². The van der Waals surface area contributed by atoms with E-state index in [1.807, 2.05) is 24.8 Å². The van der Waals surface area contributed by atoms with E-state index < -0.39 is 0 Å². The van der Waals surface area contributed by atoms with Crippen molar-refractivity contribution in [1.29, 1.82) is 0 Å². The molecular weight excluding hydrogens is 320 g/mol. The van der Waals surface area contributed by atoms with Gasteiger partial charge >= 0.3 is 0 Å². The molecule has 1 amide bonds. The second kappa shape index (κ2) is 6.34. The second-order valence-electron chi connectivity index (χ2n) is 7.37. The number of nitrogens with one attached hydrogen (secondary N) is 1. The Labute approximate surface area is 157 Å². The molecule has 4 nitrogen and oxygen atoms in total. The Morgan fingerprint density at radius 1 is 1.31 bits per heavy atom. The third-order valence-corrected chi connectivity index (χ3v) is 5.98. The number of hydrogen-bond donors (Lipinski definition) is 1. The van der Waals surface area contributed by atoms with Crippen molar-refractivity contribution in [3.63, 3.8) is 0 Å². The van der Waals surface area contributed by atoms with Crippen molar-refractivity contribution in [2.75, 3.05) is 26.7 Å². The van der Waals surface area contributed by atoms with Gasteiger partial charge in [-0.2, -0.15) is 0 Å². The van der Waals surface area contributed by atoms with E-state index >= 15 is 0 Å².